The van der Waals surface area contributed by atoms with E-state index in [1.54, 1.807) is 0 Å². The molecule has 1 fully saturated rings. The fourth-order valence-electron chi connectivity index (χ4n) is 2.02. The lowest BCUT2D eigenvalue weighted by Gasteiger charge is -2.09. The van der Waals surface area contributed by atoms with Gasteiger partial charge in [-0.3, -0.25) is 5.10 Å². The third-order valence-electron chi connectivity index (χ3n) is 2.72. The highest BCUT2D eigenvalue weighted by Crippen LogP contribution is 2.66. The third-order valence-corrected chi connectivity index (χ3v) is 3.54. The summed E-state index contributed by atoms with van der Waals surface area (Å²) in [5, 5.41) is 6.22. The number of hydrogen-bond donors (Lipinski definition) is 1. The van der Waals surface area contributed by atoms with Gasteiger partial charge in [0.15, 0.2) is 0 Å². The SMILES string of the molecule is FC1(F)c2[nH]nc(I)c2C2CC21. The first-order valence-electron chi connectivity index (χ1n) is 3.74. The molecular formula is C7H5F2IN2. The Labute approximate surface area is 80.9 Å². The molecule has 1 N–H and O–H groups in total. The molecule has 0 aromatic carbocycles. The van der Waals surface area contributed by atoms with E-state index in [1.807, 2.05) is 22.6 Å². The average Bonchev–Trinajstić information content (AvgIpc) is 2.64. The zero-order valence-electron chi connectivity index (χ0n) is 5.94. The van der Waals surface area contributed by atoms with Crippen LogP contribution in [0.3, 0.4) is 0 Å². The molecule has 2 unspecified atom stereocenters. The Kier molecular flexibility index (Phi) is 1.10. The van der Waals surface area contributed by atoms with Crippen molar-refractivity contribution in [3.8, 4) is 0 Å². The highest BCUT2D eigenvalue weighted by molar-refractivity contribution is 14.1. The van der Waals surface area contributed by atoms with Crippen molar-refractivity contribution in [3.05, 3.63) is 15.0 Å². The molecule has 1 heterocycles. The molecule has 2 atom stereocenters. The Balaban J connectivity index is 2.27. The highest BCUT2D eigenvalue weighted by Gasteiger charge is 2.65. The molecule has 1 aromatic rings. The van der Waals surface area contributed by atoms with Crippen LogP contribution < -0.4 is 0 Å². The van der Waals surface area contributed by atoms with Gasteiger partial charge in [-0.15, -0.1) is 0 Å². The fourth-order valence-corrected chi connectivity index (χ4v) is 2.81. The molecule has 5 heteroatoms. The zero-order chi connectivity index (χ0) is 8.51. The molecule has 2 aliphatic rings. The Morgan fingerprint density at radius 1 is 1.58 bits per heavy atom. The van der Waals surface area contributed by atoms with Gasteiger partial charge in [0.2, 0.25) is 0 Å². The Hall–Kier alpha value is -0.200. The number of halogens is 3. The van der Waals surface area contributed by atoms with Crippen molar-refractivity contribution in [1.29, 1.82) is 0 Å². The summed E-state index contributed by atoms with van der Waals surface area (Å²) in [6.07, 6.45) is 0.634. The van der Waals surface area contributed by atoms with E-state index in [-0.39, 0.29) is 11.6 Å². The highest BCUT2D eigenvalue weighted by atomic mass is 127. The maximum absolute atomic E-state index is 13.3. The van der Waals surface area contributed by atoms with E-state index in [2.05, 4.69) is 10.2 Å². The van der Waals surface area contributed by atoms with Gasteiger partial charge in [0.05, 0.1) is 0 Å². The van der Waals surface area contributed by atoms with Crippen molar-refractivity contribution in [3.63, 3.8) is 0 Å². The average molecular weight is 282 g/mol. The van der Waals surface area contributed by atoms with Crippen LogP contribution in [0.2, 0.25) is 0 Å². The number of hydrogen-bond acceptors (Lipinski definition) is 1. The second kappa shape index (κ2) is 1.83. The van der Waals surface area contributed by atoms with Crippen molar-refractivity contribution >= 4 is 22.6 Å². The Bertz CT molecular complexity index is 360. The first-order valence-corrected chi connectivity index (χ1v) is 4.82. The largest absolute Gasteiger partial charge is 0.292 e. The monoisotopic (exact) mass is 282 g/mol. The van der Waals surface area contributed by atoms with E-state index in [1.165, 1.54) is 0 Å². The number of alkyl halides is 2. The van der Waals surface area contributed by atoms with E-state index >= 15 is 0 Å². The van der Waals surface area contributed by atoms with E-state index in [0.29, 0.717) is 10.1 Å². The molecule has 0 saturated heterocycles. The van der Waals surface area contributed by atoms with Gasteiger partial charge >= 0.3 is 0 Å². The van der Waals surface area contributed by atoms with Crippen molar-refractivity contribution in [1.82, 2.24) is 10.2 Å². The maximum atomic E-state index is 13.3. The molecule has 0 spiro atoms. The van der Waals surface area contributed by atoms with Gasteiger partial charge in [0.25, 0.3) is 5.92 Å². The zero-order valence-corrected chi connectivity index (χ0v) is 8.10. The number of aromatic amines is 1. The molecule has 64 valence electrons. The number of rotatable bonds is 0. The van der Waals surface area contributed by atoms with Gasteiger partial charge in [-0.1, -0.05) is 0 Å². The molecule has 0 aliphatic heterocycles. The molecule has 1 saturated carbocycles. The number of nitrogens with zero attached hydrogens (tertiary/aromatic N) is 1. The molecule has 0 radical (unpaired) electrons. The number of aromatic nitrogens is 2. The van der Waals surface area contributed by atoms with E-state index < -0.39 is 11.8 Å². The molecule has 0 amide bonds. The lowest BCUT2D eigenvalue weighted by atomic mass is 10.2. The standard InChI is InChI=1S/C7H5F2IN2/c8-7(9)3-1-2(3)4-5(7)11-12-6(4)10/h2-3H,1H2,(H,11,12). The van der Waals surface area contributed by atoms with Crippen LogP contribution in [0.15, 0.2) is 0 Å². The van der Waals surface area contributed by atoms with E-state index in [4.69, 9.17) is 0 Å². The van der Waals surface area contributed by atoms with Crippen LogP contribution in [-0.2, 0) is 5.92 Å². The minimum atomic E-state index is -2.64. The predicted octanol–water partition coefficient (Wildman–Crippen LogP) is 2.22. The summed E-state index contributed by atoms with van der Waals surface area (Å²) < 4.78 is 27.3. The van der Waals surface area contributed by atoms with Crippen LogP contribution in [0.5, 0.6) is 0 Å². The summed E-state index contributed by atoms with van der Waals surface area (Å²) in [6, 6.07) is 0. The topological polar surface area (TPSA) is 28.7 Å². The second-order valence-corrected chi connectivity index (χ2v) is 4.40. The van der Waals surface area contributed by atoms with Gasteiger partial charge in [-0.05, 0) is 34.9 Å². The van der Waals surface area contributed by atoms with Crippen LogP contribution in [0.25, 0.3) is 0 Å². The first-order chi connectivity index (χ1) is 5.62. The van der Waals surface area contributed by atoms with Crippen LogP contribution in [0.1, 0.15) is 23.6 Å². The van der Waals surface area contributed by atoms with Crippen molar-refractivity contribution < 1.29 is 8.78 Å². The molecule has 12 heavy (non-hydrogen) atoms. The van der Waals surface area contributed by atoms with Crippen LogP contribution in [0, 0.1) is 9.62 Å². The van der Waals surface area contributed by atoms with Gasteiger partial charge in [-0.25, -0.2) is 0 Å². The van der Waals surface area contributed by atoms with Crippen LogP contribution >= 0.6 is 22.6 Å². The number of nitrogens with one attached hydrogen (secondary N) is 1. The van der Waals surface area contributed by atoms with Crippen LogP contribution in [0.4, 0.5) is 8.78 Å². The summed E-state index contributed by atoms with van der Waals surface area (Å²) >= 11 is 2.00. The van der Waals surface area contributed by atoms with E-state index in [0.717, 1.165) is 5.56 Å². The molecule has 1 aromatic heterocycles. The van der Waals surface area contributed by atoms with Gasteiger partial charge in [0.1, 0.15) is 9.39 Å². The minimum Gasteiger partial charge on any atom is -0.275 e. The fraction of sp³-hybridized carbons (Fsp3) is 0.571. The molecule has 0 bridgehead atoms. The minimum absolute atomic E-state index is 0.0631. The first kappa shape index (κ1) is 7.23. The smallest absolute Gasteiger partial charge is 0.275 e. The van der Waals surface area contributed by atoms with Crippen LogP contribution in [-0.4, -0.2) is 10.2 Å². The lowest BCUT2D eigenvalue weighted by molar-refractivity contribution is -0.0268. The quantitative estimate of drug-likeness (QED) is 0.726. The third kappa shape index (κ3) is 0.627. The normalized spacial score (nSPS) is 34.6. The molecule has 3 rings (SSSR count). The van der Waals surface area contributed by atoms with Crippen molar-refractivity contribution in [2.75, 3.05) is 0 Å². The summed E-state index contributed by atoms with van der Waals surface area (Å²) in [7, 11) is 0. The summed E-state index contributed by atoms with van der Waals surface area (Å²) in [4.78, 5) is 0. The molecular weight excluding hydrogens is 277 g/mol. The van der Waals surface area contributed by atoms with E-state index in [9.17, 15) is 8.78 Å². The number of H-pyrrole nitrogens is 1. The van der Waals surface area contributed by atoms with Crippen molar-refractivity contribution in [2.45, 2.75) is 18.3 Å². The number of fused-ring (bicyclic) bond motifs is 3. The summed E-state index contributed by atoms with van der Waals surface area (Å²) in [5.41, 5.74) is 0.832. The predicted molar refractivity (Wildman–Crippen MR) is 46.0 cm³/mol. The Morgan fingerprint density at radius 2 is 2.33 bits per heavy atom. The van der Waals surface area contributed by atoms with Gasteiger partial charge < -0.3 is 0 Å². The molecule has 2 aliphatic carbocycles. The summed E-state index contributed by atoms with van der Waals surface area (Å²) in [5.74, 6) is -2.99. The van der Waals surface area contributed by atoms with Gasteiger partial charge in [0, 0.05) is 11.5 Å². The van der Waals surface area contributed by atoms with Crippen molar-refractivity contribution in [2.24, 2.45) is 5.92 Å². The van der Waals surface area contributed by atoms with Gasteiger partial charge in [-0.2, -0.15) is 13.9 Å². The summed E-state index contributed by atoms with van der Waals surface area (Å²) in [6.45, 7) is 0. The Morgan fingerprint density at radius 3 is 3.00 bits per heavy atom. The maximum Gasteiger partial charge on any atom is 0.292 e. The second-order valence-electron chi connectivity index (χ2n) is 3.37. The molecule has 2 nitrogen and oxygen atoms in total. The lowest BCUT2D eigenvalue weighted by Crippen LogP contribution is -2.13.